The number of aromatic hydroxyl groups is 2. The number of aliphatic hydroxyl groups excluding tert-OH is 7. The van der Waals surface area contributed by atoms with E-state index in [4.69, 9.17) is 42.6 Å². The maximum absolute atomic E-state index is 14.9. The fourth-order valence-electron chi connectivity index (χ4n) is 9.92. The van der Waals surface area contributed by atoms with E-state index in [1.54, 1.807) is 27.7 Å². The van der Waals surface area contributed by atoms with E-state index in [0.29, 0.717) is 0 Å². The van der Waals surface area contributed by atoms with Gasteiger partial charge in [-0.2, -0.15) is 0 Å². The molecular formula is C46H66O21. The Labute approximate surface area is 387 Å². The second-order valence-corrected chi connectivity index (χ2v) is 19.0. The van der Waals surface area contributed by atoms with Gasteiger partial charge in [-0.1, -0.05) is 0 Å². The van der Waals surface area contributed by atoms with E-state index < -0.39 is 151 Å². The number of methoxy groups -OCH3 is 1. The van der Waals surface area contributed by atoms with Crippen LogP contribution in [-0.2, 0) is 49.1 Å². The van der Waals surface area contributed by atoms with Gasteiger partial charge < -0.3 is 93.7 Å². The van der Waals surface area contributed by atoms with Crippen LogP contribution in [0.3, 0.4) is 0 Å². The van der Waals surface area contributed by atoms with Crippen molar-refractivity contribution in [2.24, 2.45) is 5.92 Å². The number of rotatable bonds is 13. The molecule has 5 aliphatic rings. The van der Waals surface area contributed by atoms with Gasteiger partial charge in [-0.05, 0) is 78.0 Å². The standard InChI is InChI=1S/C46H66O21/c1-16-26(64-29-12-25(48)37(51)18(3)60-29)11-23-9-22-10-24(43(59-8)42(56)36(50)17(2)47)44(41(55)34(22)40(54)33(23)35(16)49)67-31-14-27(38(52)20(5)62-31)65-30-13-28(39(53)19(4)61-30)66-32-15-46(7,58)45(57)21(6)63-32/h9,11,17-21,24-25,27-32,36-39,43-45,47-54,57-58H,10,12-15H2,1-8H3/t17-,18?,19?,20?,21?,24+,25-,27-,28-,29+,30+,31+,32+,36+,37+,38+,39+,43+,44+,45+,46+/m1/s1. The minimum atomic E-state index is -1.92. The molecule has 0 amide bonds. The normalized spacial score (nSPS) is 40.8. The SMILES string of the molecule is CO[C@H](C(=O)[C@@H](O)[C@@H](C)O)[C@@H]1Cc2cc3cc(O[C@H]4C[C@@H](O)[C@@H](O)C(C)O4)c(C)c(O)c3c(O)c2C(=O)[C@H]1O[C@H]1C[C@@H](O[C@H]2C[C@@H](O[C@H]3C[C@](C)(O)[C@@H](O)C(C)O3)[C@@H](O)C(C)O2)[C@@H](O)C(C)O1. The second kappa shape index (κ2) is 20.3. The monoisotopic (exact) mass is 954 g/mol. The number of hydrogen-bond acceptors (Lipinski definition) is 21. The zero-order chi connectivity index (χ0) is 49.1. The Hall–Kier alpha value is -3.20. The van der Waals surface area contributed by atoms with Crippen molar-refractivity contribution < 1.29 is 103 Å². The fraction of sp³-hybridized carbons (Fsp3) is 0.739. The van der Waals surface area contributed by atoms with Crippen LogP contribution in [0.2, 0.25) is 0 Å². The Morgan fingerprint density at radius 1 is 0.776 bits per heavy atom. The molecule has 0 aromatic heterocycles. The zero-order valence-corrected chi connectivity index (χ0v) is 38.7. The summed E-state index contributed by atoms with van der Waals surface area (Å²) in [6.45, 7) is 10.5. The van der Waals surface area contributed by atoms with Crippen LogP contribution >= 0.6 is 0 Å². The molecule has 21 atom stereocenters. The molecule has 0 spiro atoms. The van der Waals surface area contributed by atoms with Crippen LogP contribution in [0.5, 0.6) is 17.2 Å². The van der Waals surface area contributed by atoms with Crippen LogP contribution in [-0.4, -0.2) is 192 Å². The highest BCUT2D eigenvalue weighted by Gasteiger charge is 2.51. The van der Waals surface area contributed by atoms with E-state index in [0.717, 1.165) is 0 Å². The molecule has 21 nitrogen and oxygen atoms in total. The average Bonchev–Trinajstić information content (AvgIpc) is 3.25. The van der Waals surface area contributed by atoms with Crippen molar-refractivity contribution in [3.63, 3.8) is 0 Å². The number of benzene rings is 2. The number of carbonyl (C=O) groups excluding carboxylic acids is 2. The summed E-state index contributed by atoms with van der Waals surface area (Å²) in [6, 6.07) is 3.02. The fourth-order valence-corrected chi connectivity index (χ4v) is 9.92. The third kappa shape index (κ3) is 10.3. The first-order chi connectivity index (χ1) is 31.4. The first-order valence-corrected chi connectivity index (χ1v) is 22.8. The number of ketones is 2. The predicted octanol–water partition coefficient (Wildman–Crippen LogP) is -0.130. The van der Waals surface area contributed by atoms with Gasteiger partial charge in [0.05, 0.1) is 65.4 Å². The summed E-state index contributed by atoms with van der Waals surface area (Å²) in [7, 11) is 1.19. The van der Waals surface area contributed by atoms with Gasteiger partial charge >= 0.3 is 0 Å². The number of phenols is 2. The molecule has 0 saturated carbocycles. The molecule has 376 valence electrons. The lowest BCUT2D eigenvalue weighted by atomic mass is 9.75. The van der Waals surface area contributed by atoms with Gasteiger partial charge in [-0.3, -0.25) is 9.59 Å². The van der Waals surface area contributed by atoms with E-state index >= 15 is 0 Å². The molecule has 4 fully saturated rings. The van der Waals surface area contributed by atoms with Crippen LogP contribution < -0.4 is 4.74 Å². The summed E-state index contributed by atoms with van der Waals surface area (Å²) in [5.41, 5.74) is -1.40. The molecule has 21 heteroatoms. The molecule has 67 heavy (non-hydrogen) atoms. The minimum Gasteiger partial charge on any atom is -0.507 e. The summed E-state index contributed by atoms with van der Waals surface area (Å²) in [6.07, 6.45) is -22.9. The van der Waals surface area contributed by atoms with Crippen molar-refractivity contribution >= 4 is 22.3 Å². The van der Waals surface area contributed by atoms with Crippen LogP contribution in [0.15, 0.2) is 12.1 Å². The largest absolute Gasteiger partial charge is 0.507 e. The Balaban J connectivity index is 1.16. The van der Waals surface area contributed by atoms with Crippen molar-refractivity contribution in [2.75, 3.05) is 7.11 Å². The van der Waals surface area contributed by atoms with Crippen molar-refractivity contribution in [3.8, 4) is 17.2 Å². The summed E-state index contributed by atoms with van der Waals surface area (Å²) in [5.74, 6) is -3.94. The number of carbonyl (C=O) groups is 2. The highest BCUT2D eigenvalue weighted by molar-refractivity contribution is 6.11. The van der Waals surface area contributed by atoms with Gasteiger partial charge in [0, 0.05) is 44.3 Å². The summed E-state index contributed by atoms with van der Waals surface area (Å²) < 4.78 is 54.0. The van der Waals surface area contributed by atoms with Crippen molar-refractivity contribution in [3.05, 3.63) is 28.8 Å². The first-order valence-electron chi connectivity index (χ1n) is 22.8. The van der Waals surface area contributed by atoms with Gasteiger partial charge in [0.15, 0.2) is 30.4 Å². The quantitative estimate of drug-likeness (QED) is 0.125. The average molecular weight is 955 g/mol. The molecule has 4 unspecified atom stereocenters. The third-order valence-corrected chi connectivity index (χ3v) is 13.9. The maximum Gasteiger partial charge on any atom is 0.202 e. The predicted molar refractivity (Wildman–Crippen MR) is 229 cm³/mol. The molecule has 0 bridgehead atoms. The minimum absolute atomic E-state index is 0.0500. The van der Waals surface area contributed by atoms with Crippen molar-refractivity contribution in [2.45, 2.75) is 203 Å². The van der Waals surface area contributed by atoms with E-state index in [-0.39, 0.29) is 65.3 Å². The first kappa shape index (κ1) is 51.6. The second-order valence-electron chi connectivity index (χ2n) is 19.0. The molecule has 4 aliphatic heterocycles. The molecular weight excluding hydrogens is 888 g/mol. The van der Waals surface area contributed by atoms with E-state index in [2.05, 4.69) is 0 Å². The van der Waals surface area contributed by atoms with Crippen LogP contribution in [0.4, 0.5) is 0 Å². The molecule has 2 aromatic carbocycles. The number of aliphatic hydroxyl groups is 8. The zero-order valence-electron chi connectivity index (χ0n) is 38.7. The Morgan fingerprint density at radius 3 is 1.90 bits per heavy atom. The van der Waals surface area contributed by atoms with Gasteiger partial charge in [0.2, 0.25) is 6.29 Å². The molecule has 1 aliphatic carbocycles. The summed E-state index contributed by atoms with van der Waals surface area (Å²) >= 11 is 0. The Morgan fingerprint density at radius 2 is 1.33 bits per heavy atom. The topological polar surface area (TPSA) is 320 Å². The van der Waals surface area contributed by atoms with Gasteiger partial charge in [0.25, 0.3) is 0 Å². The smallest absolute Gasteiger partial charge is 0.202 e. The number of ether oxygens (including phenoxy) is 9. The maximum atomic E-state index is 14.9. The van der Waals surface area contributed by atoms with E-state index in [1.807, 2.05) is 0 Å². The Bertz CT molecular complexity index is 2090. The molecule has 10 N–H and O–H groups in total. The van der Waals surface area contributed by atoms with Crippen molar-refractivity contribution in [1.82, 2.24) is 0 Å². The summed E-state index contributed by atoms with van der Waals surface area (Å²) in [5, 5.41) is 108. The van der Waals surface area contributed by atoms with Gasteiger partial charge in [-0.15, -0.1) is 0 Å². The third-order valence-electron chi connectivity index (χ3n) is 13.9. The molecule has 0 radical (unpaired) electrons. The highest BCUT2D eigenvalue weighted by atomic mass is 16.7. The number of fused-ring (bicyclic) bond motifs is 2. The van der Waals surface area contributed by atoms with Crippen LogP contribution in [0, 0.1) is 12.8 Å². The number of Topliss-reactive ketones (excluding diaryl/α,β-unsaturated/α-hetero) is 2. The highest BCUT2D eigenvalue weighted by Crippen LogP contribution is 2.47. The van der Waals surface area contributed by atoms with E-state index in [1.165, 1.54) is 40.0 Å². The lowest BCUT2D eigenvalue weighted by Gasteiger charge is -2.46. The van der Waals surface area contributed by atoms with Gasteiger partial charge in [-0.25, -0.2) is 0 Å². The van der Waals surface area contributed by atoms with Crippen LogP contribution in [0.25, 0.3) is 10.8 Å². The molecule has 4 saturated heterocycles. The number of phenolic OH excluding ortho intramolecular Hbond substituents is 2. The van der Waals surface area contributed by atoms with Crippen molar-refractivity contribution in [1.29, 1.82) is 0 Å². The number of hydrogen-bond donors (Lipinski definition) is 10. The molecule has 7 rings (SSSR count). The van der Waals surface area contributed by atoms with Gasteiger partial charge in [0.1, 0.15) is 60.0 Å². The summed E-state index contributed by atoms with van der Waals surface area (Å²) in [4.78, 5) is 28.6. The Kier molecular flexibility index (Phi) is 15.6. The lowest BCUT2D eigenvalue weighted by molar-refractivity contribution is -0.334. The van der Waals surface area contributed by atoms with E-state index in [9.17, 15) is 60.7 Å². The molecule has 4 heterocycles. The molecule has 2 aromatic rings. The van der Waals surface area contributed by atoms with Crippen LogP contribution in [0.1, 0.15) is 88.7 Å². The lowest BCUT2D eigenvalue weighted by Crippen LogP contribution is -2.58.